The third kappa shape index (κ3) is 2.81. The van der Waals surface area contributed by atoms with Crippen molar-refractivity contribution in [2.75, 3.05) is 0 Å². The topological polar surface area (TPSA) is 52.0 Å². The molecule has 15 heavy (non-hydrogen) atoms. The second-order valence-electron chi connectivity index (χ2n) is 4.72. The lowest BCUT2D eigenvalue weighted by atomic mass is 9.86. The molecule has 1 unspecified atom stereocenters. The Hall–Kier alpha value is -0.830. The molecule has 1 aromatic heterocycles. The highest BCUT2D eigenvalue weighted by molar-refractivity contribution is 5.08. The molecule has 2 rings (SSSR count). The summed E-state index contributed by atoms with van der Waals surface area (Å²) in [7, 11) is 0. The minimum Gasteiger partial charge on any atom is -0.359 e. The summed E-state index contributed by atoms with van der Waals surface area (Å²) in [5.74, 6) is 1.62. The van der Waals surface area contributed by atoms with Gasteiger partial charge in [-0.1, -0.05) is 37.3 Å². The standard InChI is InChI=1S/C12H20N2O/c1-9(13)12-8-11(14-15-12)7-10-5-3-2-4-6-10/h8-10H,2-7,13H2,1H3. The van der Waals surface area contributed by atoms with Gasteiger partial charge in [0.15, 0.2) is 5.76 Å². The van der Waals surface area contributed by atoms with Gasteiger partial charge in [-0.2, -0.15) is 0 Å². The SMILES string of the molecule is CC(N)c1cc(CC2CCCCC2)no1. The maximum Gasteiger partial charge on any atom is 0.153 e. The van der Waals surface area contributed by atoms with Gasteiger partial charge in [0, 0.05) is 6.07 Å². The molecule has 0 aliphatic heterocycles. The Morgan fingerprint density at radius 2 is 2.20 bits per heavy atom. The van der Waals surface area contributed by atoms with E-state index in [1.54, 1.807) is 0 Å². The van der Waals surface area contributed by atoms with Gasteiger partial charge < -0.3 is 10.3 Å². The Bertz CT molecular complexity index is 300. The van der Waals surface area contributed by atoms with E-state index in [1.165, 1.54) is 32.1 Å². The highest BCUT2D eigenvalue weighted by Crippen LogP contribution is 2.27. The van der Waals surface area contributed by atoms with Crippen LogP contribution in [0.5, 0.6) is 0 Å². The van der Waals surface area contributed by atoms with Gasteiger partial charge in [0.25, 0.3) is 0 Å². The van der Waals surface area contributed by atoms with E-state index in [1.807, 2.05) is 13.0 Å². The lowest BCUT2D eigenvalue weighted by molar-refractivity contribution is 0.333. The summed E-state index contributed by atoms with van der Waals surface area (Å²) in [5, 5.41) is 4.08. The van der Waals surface area contributed by atoms with Crippen molar-refractivity contribution in [2.24, 2.45) is 11.7 Å². The molecule has 2 N–H and O–H groups in total. The molecule has 0 amide bonds. The number of hydrogen-bond donors (Lipinski definition) is 1. The number of nitrogens with zero attached hydrogens (tertiary/aromatic N) is 1. The summed E-state index contributed by atoms with van der Waals surface area (Å²) in [6.07, 6.45) is 7.92. The maximum atomic E-state index is 5.73. The first-order valence-corrected chi connectivity index (χ1v) is 5.97. The molecule has 1 atom stereocenters. The van der Waals surface area contributed by atoms with Gasteiger partial charge >= 0.3 is 0 Å². The van der Waals surface area contributed by atoms with Crippen LogP contribution in [0.1, 0.15) is 56.5 Å². The van der Waals surface area contributed by atoms with Crippen molar-refractivity contribution in [3.05, 3.63) is 17.5 Å². The van der Waals surface area contributed by atoms with Gasteiger partial charge in [0.05, 0.1) is 11.7 Å². The molecule has 0 radical (unpaired) electrons. The minimum absolute atomic E-state index is 0.0439. The van der Waals surface area contributed by atoms with Gasteiger partial charge in [-0.15, -0.1) is 0 Å². The zero-order valence-corrected chi connectivity index (χ0v) is 9.41. The second kappa shape index (κ2) is 4.79. The van der Waals surface area contributed by atoms with E-state index in [2.05, 4.69) is 5.16 Å². The Kier molecular flexibility index (Phi) is 3.41. The third-order valence-corrected chi connectivity index (χ3v) is 3.25. The van der Waals surface area contributed by atoms with Crippen LogP contribution in [-0.2, 0) is 6.42 Å². The van der Waals surface area contributed by atoms with Crippen molar-refractivity contribution in [3.63, 3.8) is 0 Å². The lowest BCUT2D eigenvalue weighted by Gasteiger charge is -2.19. The van der Waals surface area contributed by atoms with Gasteiger partial charge in [-0.3, -0.25) is 0 Å². The average molecular weight is 208 g/mol. The number of hydrogen-bond acceptors (Lipinski definition) is 3. The highest BCUT2D eigenvalue weighted by atomic mass is 16.5. The summed E-state index contributed by atoms with van der Waals surface area (Å²) < 4.78 is 5.19. The molecule has 1 aliphatic rings. The van der Waals surface area contributed by atoms with Crippen LogP contribution >= 0.6 is 0 Å². The van der Waals surface area contributed by atoms with E-state index in [-0.39, 0.29) is 6.04 Å². The molecule has 0 saturated heterocycles. The third-order valence-electron chi connectivity index (χ3n) is 3.25. The monoisotopic (exact) mass is 208 g/mol. The zero-order chi connectivity index (χ0) is 10.7. The second-order valence-corrected chi connectivity index (χ2v) is 4.72. The van der Waals surface area contributed by atoms with Crippen LogP contribution in [0, 0.1) is 5.92 Å². The van der Waals surface area contributed by atoms with Crippen molar-refractivity contribution in [2.45, 2.75) is 51.5 Å². The first-order valence-electron chi connectivity index (χ1n) is 5.97. The van der Waals surface area contributed by atoms with Gasteiger partial charge in [-0.25, -0.2) is 0 Å². The molecule has 1 saturated carbocycles. The van der Waals surface area contributed by atoms with E-state index in [0.29, 0.717) is 0 Å². The van der Waals surface area contributed by atoms with Crippen molar-refractivity contribution >= 4 is 0 Å². The highest BCUT2D eigenvalue weighted by Gasteiger charge is 2.16. The van der Waals surface area contributed by atoms with E-state index in [4.69, 9.17) is 10.3 Å². The van der Waals surface area contributed by atoms with Crippen molar-refractivity contribution < 1.29 is 4.52 Å². The summed E-state index contributed by atoms with van der Waals surface area (Å²) in [5.41, 5.74) is 6.80. The molecule has 3 heteroatoms. The Balaban J connectivity index is 1.91. The number of nitrogens with two attached hydrogens (primary N) is 1. The summed E-state index contributed by atoms with van der Waals surface area (Å²) in [6, 6.07) is 1.97. The molecule has 0 bridgehead atoms. The Labute approximate surface area is 91.0 Å². The van der Waals surface area contributed by atoms with E-state index < -0.39 is 0 Å². The minimum atomic E-state index is -0.0439. The predicted octanol–water partition coefficient (Wildman–Crippen LogP) is 2.82. The fourth-order valence-electron chi connectivity index (χ4n) is 2.33. The van der Waals surface area contributed by atoms with Crippen LogP contribution < -0.4 is 5.73 Å². The summed E-state index contributed by atoms with van der Waals surface area (Å²) >= 11 is 0. The van der Waals surface area contributed by atoms with Crippen LogP contribution in [0.4, 0.5) is 0 Å². The Morgan fingerprint density at radius 1 is 1.47 bits per heavy atom. The molecule has 84 valence electrons. The van der Waals surface area contributed by atoms with Crippen molar-refractivity contribution in [1.82, 2.24) is 5.16 Å². The van der Waals surface area contributed by atoms with Crippen LogP contribution in [0.3, 0.4) is 0 Å². The van der Waals surface area contributed by atoms with Gasteiger partial charge in [0.2, 0.25) is 0 Å². The van der Waals surface area contributed by atoms with Crippen LogP contribution in [0.25, 0.3) is 0 Å². The summed E-state index contributed by atoms with van der Waals surface area (Å²) in [6.45, 7) is 1.92. The van der Waals surface area contributed by atoms with Gasteiger partial charge in [0.1, 0.15) is 0 Å². The zero-order valence-electron chi connectivity index (χ0n) is 9.41. The molecular weight excluding hydrogens is 188 g/mol. The largest absolute Gasteiger partial charge is 0.359 e. The van der Waals surface area contributed by atoms with Crippen molar-refractivity contribution in [3.8, 4) is 0 Å². The van der Waals surface area contributed by atoms with E-state index in [0.717, 1.165) is 23.8 Å². The van der Waals surface area contributed by atoms with Gasteiger partial charge in [-0.05, 0) is 19.3 Å². The molecule has 1 heterocycles. The fraction of sp³-hybridized carbons (Fsp3) is 0.750. The molecule has 0 spiro atoms. The molecule has 1 aromatic rings. The van der Waals surface area contributed by atoms with Crippen LogP contribution in [-0.4, -0.2) is 5.16 Å². The van der Waals surface area contributed by atoms with Crippen LogP contribution in [0.15, 0.2) is 10.6 Å². The van der Waals surface area contributed by atoms with Crippen LogP contribution in [0.2, 0.25) is 0 Å². The number of aromatic nitrogens is 1. The first-order chi connectivity index (χ1) is 7.25. The summed E-state index contributed by atoms with van der Waals surface area (Å²) in [4.78, 5) is 0. The molecule has 3 nitrogen and oxygen atoms in total. The lowest BCUT2D eigenvalue weighted by Crippen LogP contribution is -2.09. The fourth-order valence-corrected chi connectivity index (χ4v) is 2.33. The van der Waals surface area contributed by atoms with Crippen molar-refractivity contribution in [1.29, 1.82) is 0 Å². The molecule has 1 fully saturated rings. The number of rotatable bonds is 3. The molecule has 0 aromatic carbocycles. The normalized spacial score (nSPS) is 20.4. The smallest absolute Gasteiger partial charge is 0.153 e. The molecular formula is C12H20N2O. The Morgan fingerprint density at radius 3 is 2.80 bits per heavy atom. The predicted molar refractivity (Wildman–Crippen MR) is 59.4 cm³/mol. The maximum absolute atomic E-state index is 5.73. The average Bonchev–Trinajstić information content (AvgIpc) is 2.68. The molecule has 1 aliphatic carbocycles. The van der Waals surface area contributed by atoms with E-state index >= 15 is 0 Å². The first kappa shape index (κ1) is 10.7. The quantitative estimate of drug-likeness (QED) is 0.831. The van der Waals surface area contributed by atoms with E-state index in [9.17, 15) is 0 Å².